The van der Waals surface area contributed by atoms with Gasteiger partial charge in [0.15, 0.2) is 0 Å². The minimum absolute atomic E-state index is 0.223. The Balaban J connectivity index is 2.30. The van der Waals surface area contributed by atoms with Crippen molar-refractivity contribution in [3.8, 4) is 6.07 Å². The Kier molecular flexibility index (Phi) is 4.34. The predicted octanol–water partition coefficient (Wildman–Crippen LogP) is 3.00. The van der Waals surface area contributed by atoms with Crippen LogP contribution in [-0.4, -0.2) is 19.1 Å². The first-order chi connectivity index (χ1) is 9.67. The summed E-state index contributed by atoms with van der Waals surface area (Å²) in [6.07, 6.45) is 1.83. The van der Waals surface area contributed by atoms with Gasteiger partial charge in [-0.2, -0.15) is 5.26 Å². The third-order valence-electron chi connectivity index (χ3n) is 3.42. The van der Waals surface area contributed by atoms with Crippen molar-refractivity contribution in [2.45, 2.75) is 13.0 Å². The summed E-state index contributed by atoms with van der Waals surface area (Å²) in [7, 11) is 3.85. The molecule has 0 radical (unpaired) electrons. The van der Waals surface area contributed by atoms with E-state index in [2.05, 4.69) is 23.3 Å². The molecule has 4 heteroatoms. The number of nitriles is 1. The van der Waals surface area contributed by atoms with Gasteiger partial charge in [-0.1, -0.05) is 12.1 Å². The fraction of sp³-hybridized carbons (Fsp3) is 0.250. The Labute approximate surface area is 119 Å². The summed E-state index contributed by atoms with van der Waals surface area (Å²) in [4.78, 5) is 6.44. The molecule has 1 atom stereocenters. The fourth-order valence-electron chi connectivity index (χ4n) is 2.00. The lowest BCUT2D eigenvalue weighted by molar-refractivity contribution is 0.633. The van der Waals surface area contributed by atoms with Gasteiger partial charge in [0.05, 0.1) is 28.8 Å². The van der Waals surface area contributed by atoms with Crippen molar-refractivity contribution >= 4 is 11.4 Å². The van der Waals surface area contributed by atoms with Crippen LogP contribution in [0.5, 0.6) is 0 Å². The number of hydrogen-bond donors (Lipinski definition) is 1. The number of hydrogen-bond acceptors (Lipinski definition) is 4. The van der Waals surface area contributed by atoms with Gasteiger partial charge < -0.3 is 10.2 Å². The Morgan fingerprint density at radius 3 is 2.60 bits per heavy atom. The zero-order valence-corrected chi connectivity index (χ0v) is 12.0. The summed E-state index contributed by atoms with van der Waals surface area (Å²) in [6, 6.07) is 14.0. The Morgan fingerprint density at radius 2 is 2.00 bits per heavy atom. The molecule has 0 saturated heterocycles. The van der Waals surface area contributed by atoms with Crippen molar-refractivity contribution in [3.63, 3.8) is 0 Å². The lowest BCUT2D eigenvalue weighted by Crippen LogP contribution is -2.15. The highest BCUT2D eigenvalue weighted by atomic mass is 15.1. The molecule has 2 aromatic rings. The monoisotopic (exact) mass is 266 g/mol. The van der Waals surface area contributed by atoms with E-state index in [0.29, 0.717) is 5.56 Å². The molecule has 1 heterocycles. The number of para-hydroxylation sites is 1. The van der Waals surface area contributed by atoms with Crippen molar-refractivity contribution < 1.29 is 0 Å². The number of nitrogens with zero attached hydrogens (tertiary/aromatic N) is 3. The summed E-state index contributed by atoms with van der Waals surface area (Å²) in [5.74, 6) is 0. The van der Waals surface area contributed by atoms with Gasteiger partial charge in [-0.05, 0) is 38.2 Å². The molecule has 0 saturated carbocycles. The highest BCUT2D eigenvalue weighted by molar-refractivity contribution is 5.68. The van der Waals surface area contributed by atoms with Gasteiger partial charge in [0.1, 0.15) is 6.07 Å². The molecule has 1 aromatic carbocycles. The molecule has 0 bridgehead atoms. The molecule has 1 aromatic heterocycles. The SMILES string of the molecule is CNC(C)c1ccc(N(C)c2ccccc2C#N)cn1. The van der Waals surface area contributed by atoms with E-state index in [1.54, 1.807) is 0 Å². The van der Waals surface area contributed by atoms with Crippen molar-refractivity contribution in [2.24, 2.45) is 0 Å². The van der Waals surface area contributed by atoms with Crippen LogP contribution in [0.1, 0.15) is 24.2 Å². The van der Waals surface area contributed by atoms with Gasteiger partial charge in [-0.3, -0.25) is 4.98 Å². The second kappa shape index (κ2) is 6.18. The molecular formula is C16H18N4. The largest absolute Gasteiger partial charge is 0.342 e. The van der Waals surface area contributed by atoms with Gasteiger partial charge in [-0.15, -0.1) is 0 Å². The summed E-state index contributed by atoms with van der Waals surface area (Å²) in [5, 5.41) is 12.3. The minimum Gasteiger partial charge on any atom is -0.342 e. The van der Waals surface area contributed by atoms with Crippen molar-refractivity contribution in [2.75, 3.05) is 19.0 Å². The van der Waals surface area contributed by atoms with Crippen LogP contribution in [0.25, 0.3) is 0 Å². The summed E-state index contributed by atoms with van der Waals surface area (Å²) in [5.41, 5.74) is 3.49. The third-order valence-corrected chi connectivity index (χ3v) is 3.42. The quantitative estimate of drug-likeness (QED) is 0.924. The second-order valence-corrected chi connectivity index (χ2v) is 4.64. The third kappa shape index (κ3) is 2.79. The van der Waals surface area contributed by atoms with Gasteiger partial charge in [-0.25, -0.2) is 0 Å². The van der Waals surface area contributed by atoms with E-state index in [0.717, 1.165) is 17.1 Å². The van der Waals surface area contributed by atoms with Crippen molar-refractivity contribution in [1.29, 1.82) is 5.26 Å². The van der Waals surface area contributed by atoms with E-state index in [9.17, 15) is 0 Å². The average Bonchev–Trinajstić information content (AvgIpc) is 2.53. The predicted molar refractivity (Wildman–Crippen MR) is 80.9 cm³/mol. The summed E-state index contributed by atoms with van der Waals surface area (Å²) < 4.78 is 0. The molecule has 1 N–H and O–H groups in total. The molecule has 4 nitrogen and oxygen atoms in total. The number of aromatic nitrogens is 1. The van der Waals surface area contributed by atoms with E-state index in [-0.39, 0.29) is 6.04 Å². The number of anilines is 2. The number of nitrogens with one attached hydrogen (secondary N) is 1. The van der Waals surface area contributed by atoms with E-state index in [1.807, 2.05) is 61.6 Å². The van der Waals surface area contributed by atoms with E-state index >= 15 is 0 Å². The maximum atomic E-state index is 9.16. The van der Waals surface area contributed by atoms with Gasteiger partial charge in [0.2, 0.25) is 0 Å². The molecule has 2 rings (SSSR count). The Hall–Kier alpha value is -2.38. The first-order valence-electron chi connectivity index (χ1n) is 6.53. The lowest BCUT2D eigenvalue weighted by Gasteiger charge is -2.21. The van der Waals surface area contributed by atoms with Gasteiger partial charge >= 0.3 is 0 Å². The first-order valence-corrected chi connectivity index (χ1v) is 6.53. The van der Waals surface area contributed by atoms with Crippen LogP contribution in [0.15, 0.2) is 42.6 Å². The molecule has 0 fully saturated rings. The van der Waals surface area contributed by atoms with Crippen LogP contribution in [0, 0.1) is 11.3 Å². The molecule has 20 heavy (non-hydrogen) atoms. The number of pyridine rings is 1. The Bertz CT molecular complexity index is 613. The topological polar surface area (TPSA) is 52.0 Å². The van der Waals surface area contributed by atoms with Crippen LogP contribution < -0.4 is 10.2 Å². The van der Waals surface area contributed by atoms with Crippen molar-refractivity contribution in [3.05, 3.63) is 53.9 Å². The zero-order valence-electron chi connectivity index (χ0n) is 12.0. The first kappa shape index (κ1) is 14.0. The molecule has 0 aliphatic heterocycles. The molecule has 102 valence electrons. The van der Waals surface area contributed by atoms with Crippen LogP contribution in [0.4, 0.5) is 11.4 Å². The van der Waals surface area contributed by atoms with E-state index < -0.39 is 0 Å². The maximum Gasteiger partial charge on any atom is 0.101 e. The molecule has 0 aliphatic carbocycles. The number of benzene rings is 1. The zero-order chi connectivity index (χ0) is 14.5. The summed E-state index contributed by atoms with van der Waals surface area (Å²) in [6.45, 7) is 2.07. The normalized spacial score (nSPS) is 11.7. The molecule has 0 amide bonds. The van der Waals surface area contributed by atoms with E-state index in [1.165, 1.54) is 0 Å². The standard InChI is InChI=1S/C16H18N4/c1-12(18-2)15-9-8-14(11-19-15)20(3)16-7-5-4-6-13(16)10-17/h4-9,11-12,18H,1-3H3. The average molecular weight is 266 g/mol. The highest BCUT2D eigenvalue weighted by Gasteiger charge is 2.10. The minimum atomic E-state index is 0.223. The molecular weight excluding hydrogens is 248 g/mol. The smallest absolute Gasteiger partial charge is 0.101 e. The van der Waals surface area contributed by atoms with Crippen LogP contribution in [0.3, 0.4) is 0 Å². The number of rotatable bonds is 4. The van der Waals surface area contributed by atoms with Crippen LogP contribution in [0.2, 0.25) is 0 Å². The van der Waals surface area contributed by atoms with E-state index in [4.69, 9.17) is 5.26 Å². The second-order valence-electron chi connectivity index (χ2n) is 4.64. The molecule has 0 aliphatic rings. The lowest BCUT2D eigenvalue weighted by atomic mass is 10.1. The van der Waals surface area contributed by atoms with Gasteiger partial charge in [0.25, 0.3) is 0 Å². The maximum absolute atomic E-state index is 9.16. The Morgan fingerprint density at radius 1 is 1.25 bits per heavy atom. The van der Waals surface area contributed by atoms with Gasteiger partial charge in [0, 0.05) is 13.1 Å². The highest BCUT2D eigenvalue weighted by Crippen LogP contribution is 2.26. The summed E-state index contributed by atoms with van der Waals surface area (Å²) >= 11 is 0. The fourth-order valence-corrected chi connectivity index (χ4v) is 2.00. The van der Waals surface area contributed by atoms with Crippen LogP contribution >= 0.6 is 0 Å². The molecule has 1 unspecified atom stereocenters. The molecule has 0 spiro atoms. The van der Waals surface area contributed by atoms with Crippen LogP contribution in [-0.2, 0) is 0 Å². The van der Waals surface area contributed by atoms with Crippen molar-refractivity contribution in [1.82, 2.24) is 10.3 Å².